The minimum atomic E-state index is -2.91. The number of hydrogen-bond acceptors (Lipinski definition) is 4. The van der Waals surface area contributed by atoms with Crippen molar-refractivity contribution in [1.29, 1.82) is 0 Å². The van der Waals surface area contributed by atoms with E-state index in [4.69, 9.17) is 5.73 Å². The molecular weight excluding hydrogens is 418 g/mol. The standard InChI is InChI=1S/C23H22F2N4O3/c1-21-11-15(23(21,24)25)17-16(12-21)29(27-18(17)19(26)30)14-5-3-4-13(10-14)6-7-22(32)8-9-28(2)20(22)31/h3-5,10,15,32H,8-9,11-12H2,1-2H3,(H2,26,30)/t15?,21-,22-/m0/s1. The number of alkyl halides is 2. The molecule has 1 saturated carbocycles. The SMILES string of the molecule is CN1CC[C@@](O)(C#Cc2cccc(-n3nc(C(N)=O)c4c3C[C@]3(C)CC4C3(F)F)c2)C1=O. The second-order valence-corrected chi connectivity index (χ2v) is 9.24. The van der Waals surface area contributed by atoms with Gasteiger partial charge >= 0.3 is 0 Å². The van der Waals surface area contributed by atoms with E-state index in [0.717, 1.165) is 0 Å². The molecule has 1 saturated heterocycles. The minimum absolute atomic E-state index is 0.0720. The van der Waals surface area contributed by atoms with Crippen LogP contribution >= 0.6 is 0 Å². The van der Waals surface area contributed by atoms with Gasteiger partial charge in [-0.25, -0.2) is 13.5 Å². The predicted octanol–water partition coefficient (Wildman–Crippen LogP) is 1.60. The zero-order chi connectivity index (χ0) is 23.1. The van der Waals surface area contributed by atoms with Crippen LogP contribution in [0.4, 0.5) is 8.78 Å². The number of carbonyl (C=O) groups excluding carboxylic acids is 2. The van der Waals surface area contributed by atoms with E-state index in [-0.39, 0.29) is 30.5 Å². The highest BCUT2D eigenvalue weighted by Crippen LogP contribution is 2.68. The molecule has 3 N–H and O–H groups in total. The molecule has 3 atom stereocenters. The average molecular weight is 440 g/mol. The maximum absolute atomic E-state index is 14.7. The Morgan fingerprint density at radius 2 is 2.12 bits per heavy atom. The molecule has 32 heavy (non-hydrogen) atoms. The summed E-state index contributed by atoms with van der Waals surface area (Å²) in [5.41, 5.74) is 4.27. The Morgan fingerprint density at radius 3 is 2.75 bits per heavy atom. The summed E-state index contributed by atoms with van der Waals surface area (Å²) in [4.78, 5) is 25.6. The number of likely N-dealkylation sites (tertiary alicyclic amines) is 1. The number of halogens is 2. The summed E-state index contributed by atoms with van der Waals surface area (Å²) in [5, 5.41) is 14.8. The lowest BCUT2D eigenvalue weighted by molar-refractivity contribution is -0.221. The average Bonchev–Trinajstić information content (AvgIpc) is 3.26. The van der Waals surface area contributed by atoms with Crippen LogP contribution < -0.4 is 5.73 Å². The summed E-state index contributed by atoms with van der Waals surface area (Å²) >= 11 is 0. The molecule has 3 aliphatic carbocycles. The number of nitrogens with two attached hydrogens (primary N) is 1. The van der Waals surface area contributed by atoms with Gasteiger partial charge in [-0.1, -0.05) is 24.8 Å². The van der Waals surface area contributed by atoms with Crippen LogP contribution in [0.15, 0.2) is 24.3 Å². The Morgan fingerprint density at radius 1 is 1.38 bits per heavy atom. The molecule has 2 heterocycles. The van der Waals surface area contributed by atoms with Gasteiger partial charge in [0.25, 0.3) is 17.7 Å². The molecule has 2 amide bonds. The molecule has 1 unspecified atom stereocenters. The van der Waals surface area contributed by atoms with E-state index >= 15 is 0 Å². The maximum atomic E-state index is 14.7. The second kappa shape index (κ2) is 6.39. The van der Waals surface area contributed by atoms with E-state index in [1.807, 2.05) is 0 Å². The van der Waals surface area contributed by atoms with Crippen LogP contribution in [0.2, 0.25) is 0 Å². The number of benzene rings is 1. The van der Waals surface area contributed by atoms with Gasteiger partial charge in [0.05, 0.1) is 11.6 Å². The molecule has 166 valence electrons. The minimum Gasteiger partial charge on any atom is -0.369 e. The first-order valence-corrected chi connectivity index (χ1v) is 10.4. The van der Waals surface area contributed by atoms with E-state index in [0.29, 0.717) is 23.5 Å². The fourth-order valence-corrected chi connectivity index (χ4v) is 5.10. The summed E-state index contributed by atoms with van der Waals surface area (Å²) in [7, 11) is 1.61. The molecule has 2 aromatic rings. The molecule has 0 radical (unpaired) electrons. The van der Waals surface area contributed by atoms with Gasteiger partial charge in [0, 0.05) is 48.7 Å². The molecule has 9 heteroatoms. The van der Waals surface area contributed by atoms with Crippen molar-refractivity contribution >= 4 is 11.8 Å². The molecule has 7 nitrogen and oxygen atoms in total. The monoisotopic (exact) mass is 440 g/mol. The number of amides is 2. The van der Waals surface area contributed by atoms with E-state index in [2.05, 4.69) is 16.9 Å². The Kier molecular flexibility index (Phi) is 4.12. The van der Waals surface area contributed by atoms with Crippen LogP contribution in [-0.4, -0.2) is 56.7 Å². The lowest BCUT2D eigenvalue weighted by Gasteiger charge is -2.56. The molecule has 4 aliphatic rings. The smallest absolute Gasteiger partial charge is 0.269 e. The number of aliphatic hydroxyl groups is 1. The van der Waals surface area contributed by atoms with Gasteiger partial charge < -0.3 is 15.7 Å². The predicted molar refractivity (Wildman–Crippen MR) is 110 cm³/mol. The zero-order valence-electron chi connectivity index (χ0n) is 17.7. The van der Waals surface area contributed by atoms with Crippen molar-refractivity contribution in [3.05, 3.63) is 46.8 Å². The van der Waals surface area contributed by atoms with E-state index in [1.165, 1.54) is 9.58 Å². The van der Waals surface area contributed by atoms with Gasteiger partial charge in [0.1, 0.15) is 0 Å². The normalized spacial score (nSPS) is 29.7. The first-order chi connectivity index (χ1) is 15.0. The van der Waals surface area contributed by atoms with Gasteiger partial charge in [0.15, 0.2) is 5.69 Å². The zero-order valence-corrected chi connectivity index (χ0v) is 17.7. The molecule has 1 aromatic carbocycles. The summed E-state index contributed by atoms with van der Waals surface area (Å²) in [6.07, 6.45) is 0.575. The summed E-state index contributed by atoms with van der Waals surface area (Å²) < 4.78 is 30.9. The van der Waals surface area contributed by atoms with Gasteiger partial charge in [-0.05, 0) is 24.6 Å². The third-order valence-corrected chi connectivity index (χ3v) is 7.07. The Balaban J connectivity index is 1.56. The van der Waals surface area contributed by atoms with Crippen molar-refractivity contribution in [2.24, 2.45) is 11.1 Å². The number of rotatable bonds is 2. The third kappa shape index (κ3) is 2.65. The highest BCUT2D eigenvalue weighted by atomic mass is 19.3. The lowest BCUT2D eigenvalue weighted by Crippen LogP contribution is -2.60. The molecule has 2 fully saturated rings. The van der Waals surface area contributed by atoms with Crippen molar-refractivity contribution in [2.45, 2.75) is 43.6 Å². The Hall–Kier alpha value is -3.25. The number of likely N-dealkylation sites (N-methyl/N-ethyl adjacent to an activating group) is 1. The van der Waals surface area contributed by atoms with Crippen molar-refractivity contribution in [1.82, 2.24) is 14.7 Å². The Bertz CT molecular complexity index is 1240. The molecule has 2 bridgehead atoms. The quantitative estimate of drug-likeness (QED) is 0.693. The van der Waals surface area contributed by atoms with E-state index < -0.39 is 34.7 Å². The van der Waals surface area contributed by atoms with Gasteiger partial charge in [-0.15, -0.1) is 0 Å². The van der Waals surface area contributed by atoms with E-state index in [9.17, 15) is 23.5 Å². The topological polar surface area (TPSA) is 101 Å². The van der Waals surface area contributed by atoms with Crippen molar-refractivity contribution in [3.63, 3.8) is 0 Å². The van der Waals surface area contributed by atoms with Crippen LogP contribution in [0.1, 0.15) is 53.0 Å². The highest BCUT2D eigenvalue weighted by Gasteiger charge is 2.70. The van der Waals surface area contributed by atoms with Crippen LogP contribution in [0.5, 0.6) is 0 Å². The van der Waals surface area contributed by atoms with Crippen molar-refractivity contribution in [3.8, 4) is 17.5 Å². The Labute approximate surface area is 183 Å². The lowest BCUT2D eigenvalue weighted by atomic mass is 9.51. The molecule has 1 aromatic heterocycles. The summed E-state index contributed by atoms with van der Waals surface area (Å²) in [6, 6.07) is 6.83. The molecule has 1 aliphatic heterocycles. The van der Waals surface area contributed by atoms with Crippen LogP contribution in [-0.2, 0) is 11.2 Å². The van der Waals surface area contributed by atoms with Crippen LogP contribution in [0.25, 0.3) is 5.69 Å². The number of aromatic nitrogens is 2. The highest BCUT2D eigenvalue weighted by molar-refractivity contribution is 5.93. The van der Waals surface area contributed by atoms with Crippen LogP contribution in [0, 0.1) is 17.3 Å². The number of hydrogen-bond donors (Lipinski definition) is 2. The largest absolute Gasteiger partial charge is 0.369 e. The number of carbonyl (C=O) groups is 2. The summed E-state index contributed by atoms with van der Waals surface area (Å²) in [6.45, 7) is 1.97. The molecular formula is C23H22F2N4O3. The molecule has 0 spiro atoms. The van der Waals surface area contributed by atoms with Crippen LogP contribution in [0.3, 0.4) is 0 Å². The van der Waals surface area contributed by atoms with Crippen molar-refractivity contribution in [2.75, 3.05) is 13.6 Å². The fourth-order valence-electron chi connectivity index (χ4n) is 5.10. The van der Waals surface area contributed by atoms with E-state index in [1.54, 1.807) is 38.2 Å². The number of primary amides is 1. The summed E-state index contributed by atoms with van der Waals surface area (Å²) in [5.74, 6) is 0.226. The van der Waals surface area contributed by atoms with Gasteiger partial charge in [0.2, 0.25) is 5.60 Å². The fraction of sp³-hybridized carbons (Fsp3) is 0.435. The second-order valence-electron chi connectivity index (χ2n) is 9.24. The van der Waals surface area contributed by atoms with Gasteiger partial charge in [-0.2, -0.15) is 5.10 Å². The maximum Gasteiger partial charge on any atom is 0.269 e. The van der Waals surface area contributed by atoms with Crippen molar-refractivity contribution < 1.29 is 23.5 Å². The first-order valence-electron chi connectivity index (χ1n) is 10.4. The number of nitrogens with zero attached hydrogens (tertiary/aromatic N) is 3. The first kappa shape index (κ1) is 20.6. The third-order valence-electron chi connectivity index (χ3n) is 7.07. The van der Waals surface area contributed by atoms with Gasteiger partial charge in [-0.3, -0.25) is 9.59 Å². The molecule has 6 rings (SSSR count).